The Balaban J connectivity index is -0.000000117. The third kappa shape index (κ3) is 33.3. The number of aryl methyl sites for hydroxylation is 3. The molecule has 0 aliphatic heterocycles. The number of phenols is 3. The first kappa shape index (κ1) is 74.1. The van der Waals surface area contributed by atoms with Gasteiger partial charge in [0.15, 0.2) is 0 Å². The number of rotatable bonds is 8. The zero-order chi connectivity index (χ0) is 42.1. The molecule has 0 aliphatic rings. The first-order valence-corrected chi connectivity index (χ1v) is 19.6. The topological polar surface area (TPSA) is 180 Å². The summed E-state index contributed by atoms with van der Waals surface area (Å²) in [6, 6.07) is 27.8. The molecular formula is C49H77N3O7Zr3. The van der Waals surface area contributed by atoms with Gasteiger partial charge in [0, 0.05) is 112 Å². The Kier molecular flexibility index (Phi) is 57.7. The van der Waals surface area contributed by atoms with Crippen molar-refractivity contribution in [3.8, 4) is 17.2 Å². The average molecular weight is 1090 g/mol. The van der Waals surface area contributed by atoms with Gasteiger partial charge in [-0.15, -0.1) is 0 Å². The fourth-order valence-corrected chi connectivity index (χ4v) is 4.32. The van der Waals surface area contributed by atoms with Crippen LogP contribution in [-0.2, 0) is 78.6 Å². The number of aliphatic hydroxyl groups excluding tert-OH is 4. The molecule has 0 fully saturated rings. The van der Waals surface area contributed by atoms with Crippen molar-refractivity contribution in [3.63, 3.8) is 0 Å². The monoisotopic (exact) mass is 1090 g/mol. The van der Waals surface area contributed by atoms with E-state index in [2.05, 4.69) is 42.6 Å². The summed E-state index contributed by atoms with van der Waals surface area (Å²) in [5, 5.41) is 63.5. The van der Waals surface area contributed by atoms with E-state index in [1.54, 1.807) is 18.2 Å². The maximum Gasteiger partial charge on any atom is 2.00 e. The van der Waals surface area contributed by atoms with Crippen molar-refractivity contribution in [1.29, 1.82) is 0 Å². The van der Waals surface area contributed by atoms with E-state index < -0.39 is 0 Å². The van der Waals surface area contributed by atoms with Crippen LogP contribution < -0.4 is 0 Å². The molecule has 3 heterocycles. The van der Waals surface area contributed by atoms with Crippen LogP contribution in [0.4, 0.5) is 0 Å². The third-order valence-electron chi connectivity index (χ3n) is 7.56. The molecule has 0 amide bonds. The minimum Gasteiger partial charge on any atom is -0.506 e. The standard InChI is InChI=1S/3C10H9NO.4C4H10O.CH4.2CH3.3Zr/c3*1-7-5-6-8-3-2-4-9(12)10(8)11-7;4*1-2-3-4-5;;;;;;/h3*2-6,12H,1H3;4*5H,2-4H2,1H3;1H4;2*1H3;;;/q;;;;;;;;2*-1;;;+2. The van der Waals surface area contributed by atoms with Gasteiger partial charge in [-0.1, -0.05) is 115 Å². The van der Waals surface area contributed by atoms with Crippen molar-refractivity contribution >= 4 is 32.7 Å². The van der Waals surface area contributed by atoms with Gasteiger partial charge in [0.05, 0.1) is 0 Å². The first-order chi connectivity index (χ1) is 27.0. The molecule has 0 aliphatic carbocycles. The summed E-state index contributed by atoms with van der Waals surface area (Å²) in [5.41, 5.74) is 4.80. The van der Waals surface area contributed by atoms with E-state index in [1.807, 2.05) is 93.6 Å². The van der Waals surface area contributed by atoms with Crippen molar-refractivity contribution in [2.75, 3.05) is 26.4 Å². The van der Waals surface area contributed by atoms with Gasteiger partial charge in [-0.25, -0.2) is 15.0 Å². The molecule has 62 heavy (non-hydrogen) atoms. The second kappa shape index (κ2) is 48.2. The Morgan fingerprint density at radius 2 is 0.597 bits per heavy atom. The van der Waals surface area contributed by atoms with Gasteiger partial charge in [0.2, 0.25) is 0 Å². The van der Waals surface area contributed by atoms with Gasteiger partial charge in [-0.2, -0.15) is 0 Å². The first-order valence-electron chi connectivity index (χ1n) is 19.6. The molecule has 3 aromatic carbocycles. The van der Waals surface area contributed by atoms with Crippen LogP contribution in [0.25, 0.3) is 32.7 Å². The van der Waals surface area contributed by atoms with Crippen molar-refractivity contribution in [2.24, 2.45) is 0 Å². The number of phenolic OH excluding ortho intramolecular Hbond substituents is 3. The van der Waals surface area contributed by atoms with Crippen LogP contribution in [0.1, 0.15) is 104 Å². The van der Waals surface area contributed by atoms with E-state index >= 15 is 0 Å². The number of fused-ring (bicyclic) bond motifs is 3. The van der Waals surface area contributed by atoms with E-state index in [-0.39, 0.29) is 118 Å². The molecule has 0 unspecified atom stereocenters. The van der Waals surface area contributed by atoms with E-state index in [0.717, 1.165) is 84.6 Å². The minimum atomic E-state index is 0. The molecule has 0 saturated heterocycles. The van der Waals surface area contributed by atoms with Crippen LogP contribution in [0, 0.1) is 35.6 Å². The normalized spacial score (nSPS) is 8.76. The van der Waals surface area contributed by atoms with Crippen LogP contribution >= 0.6 is 0 Å². The van der Waals surface area contributed by atoms with Crippen molar-refractivity contribution in [2.45, 2.75) is 107 Å². The fraction of sp³-hybridized carbons (Fsp3) is 0.408. The van der Waals surface area contributed by atoms with Gasteiger partial charge in [-0.05, 0) is 82.9 Å². The molecule has 0 spiro atoms. The number of para-hydroxylation sites is 3. The molecule has 3 aromatic heterocycles. The van der Waals surface area contributed by atoms with Crippen LogP contribution in [-0.4, -0.2) is 77.1 Å². The second-order valence-electron chi connectivity index (χ2n) is 12.7. The number of benzene rings is 3. The quantitative estimate of drug-likeness (QED) is 0.0725. The molecule has 342 valence electrons. The van der Waals surface area contributed by atoms with Gasteiger partial charge in [0.25, 0.3) is 0 Å². The summed E-state index contributed by atoms with van der Waals surface area (Å²) in [6.07, 6.45) is 8.15. The Morgan fingerprint density at radius 1 is 0.387 bits per heavy atom. The zero-order valence-electron chi connectivity index (χ0n) is 38.1. The van der Waals surface area contributed by atoms with Gasteiger partial charge < -0.3 is 50.6 Å². The summed E-state index contributed by atoms with van der Waals surface area (Å²) in [4.78, 5) is 12.7. The number of pyridine rings is 3. The number of hydrogen-bond donors (Lipinski definition) is 7. The van der Waals surface area contributed by atoms with Gasteiger partial charge >= 0.3 is 26.2 Å². The number of unbranched alkanes of at least 4 members (excludes halogenated alkanes) is 4. The molecule has 13 heteroatoms. The van der Waals surface area contributed by atoms with E-state index in [1.165, 1.54) is 0 Å². The number of aromatic hydroxyl groups is 3. The Labute approximate surface area is 432 Å². The molecule has 0 radical (unpaired) electrons. The Hall–Kier alpha value is -2.22. The number of aromatic nitrogens is 3. The molecule has 0 saturated carbocycles. The van der Waals surface area contributed by atoms with Crippen molar-refractivity contribution in [3.05, 3.63) is 123 Å². The second-order valence-corrected chi connectivity index (χ2v) is 12.7. The van der Waals surface area contributed by atoms with Crippen molar-refractivity contribution < 1.29 is 114 Å². The van der Waals surface area contributed by atoms with Gasteiger partial charge in [-0.3, -0.25) is 0 Å². The summed E-state index contributed by atoms with van der Waals surface area (Å²) >= 11 is 0. The maximum atomic E-state index is 9.43. The molecule has 6 aromatic rings. The molecule has 0 bridgehead atoms. The maximum absolute atomic E-state index is 9.43. The number of hydrogen-bond acceptors (Lipinski definition) is 10. The largest absolute Gasteiger partial charge is 2.00 e. The smallest absolute Gasteiger partial charge is 0.506 e. The molecular weight excluding hydrogens is 1020 g/mol. The molecule has 0 atom stereocenters. The molecule has 10 nitrogen and oxygen atoms in total. The minimum absolute atomic E-state index is 0. The number of aliphatic hydroxyl groups is 4. The van der Waals surface area contributed by atoms with Crippen molar-refractivity contribution in [1.82, 2.24) is 15.0 Å². The summed E-state index contributed by atoms with van der Waals surface area (Å²) in [7, 11) is 0. The average Bonchev–Trinajstić information content (AvgIpc) is 3.19. The zero-order valence-corrected chi connectivity index (χ0v) is 45.5. The van der Waals surface area contributed by atoms with E-state index in [0.29, 0.717) is 43.0 Å². The fourth-order valence-electron chi connectivity index (χ4n) is 4.32. The summed E-state index contributed by atoms with van der Waals surface area (Å²) < 4.78 is 0. The third-order valence-corrected chi connectivity index (χ3v) is 7.56. The van der Waals surface area contributed by atoms with Crippen LogP contribution in [0.2, 0.25) is 0 Å². The molecule has 7 N–H and O–H groups in total. The Morgan fingerprint density at radius 3 is 0.758 bits per heavy atom. The van der Waals surface area contributed by atoms with Crippen LogP contribution in [0.5, 0.6) is 17.2 Å². The van der Waals surface area contributed by atoms with Crippen LogP contribution in [0.15, 0.2) is 91.0 Å². The van der Waals surface area contributed by atoms with E-state index in [9.17, 15) is 15.3 Å². The molecule has 6 rings (SSSR count). The summed E-state index contributed by atoms with van der Waals surface area (Å²) in [5.74, 6) is 0.739. The summed E-state index contributed by atoms with van der Waals surface area (Å²) in [6.45, 7) is 15.3. The van der Waals surface area contributed by atoms with Gasteiger partial charge in [0.1, 0.15) is 33.8 Å². The Bertz CT molecular complexity index is 1670. The SMILES string of the molecule is C.CCCCO.CCCCO.CCCCO.CCCCO.Cc1ccc2cccc(O)c2n1.Cc1ccc2cccc(O)c2n1.Cc1ccc2cccc(O)c2n1.[CH3-].[CH3-].[Zr+2].[Zr].[Zr]. The number of nitrogens with zero attached hydrogens (tertiary/aromatic N) is 3. The van der Waals surface area contributed by atoms with Crippen LogP contribution in [0.3, 0.4) is 0 Å². The predicted octanol–water partition coefficient (Wildman–Crippen LogP) is 11.4. The van der Waals surface area contributed by atoms with E-state index in [4.69, 9.17) is 20.4 Å². The predicted molar refractivity (Wildman–Crippen MR) is 252 cm³/mol.